The normalized spacial score (nSPS) is 14.3. The maximum atomic E-state index is 15.3. The molecule has 4 heterocycles. The van der Waals surface area contributed by atoms with Gasteiger partial charge in [-0.25, -0.2) is 8.78 Å². The molecule has 0 radical (unpaired) electrons. The van der Waals surface area contributed by atoms with E-state index < -0.39 is 0 Å². The van der Waals surface area contributed by atoms with E-state index >= 15 is 8.78 Å². The van der Waals surface area contributed by atoms with Crippen molar-refractivity contribution in [2.24, 2.45) is 11.8 Å². The Morgan fingerprint density at radius 3 is 1.48 bits per heavy atom. The first-order chi connectivity index (χ1) is 19.5. The Hall–Kier alpha value is -1.78. The molecule has 0 spiro atoms. The lowest BCUT2D eigenvalue weighted by Gasteiger charge is -2.13. The van der Waals surface area contributed by atoms with Gasteiger partial charge in [-0.3, -0.25) is 0 Å². The van der Waals surface area contributed by atoms with E-state index in [-0.39, 0.29) is 11.6 Å². The molecule has 0 amide bonds. The Kier molecular flexibility index (Phi) is 10.00. The summed E-state index contributed by atoms with van der Waals surface area (Å²) in [4.78, 5) is 3.67. The van der Waals surface area contributed by atoms with Crippen LogP contribution in [0.15, 0.2) is 12.1 Å². The van der Waals surface area contributed by atoms with Crippen LogP contribution in [0.4, 0.5) is 8.78 Å². The van der Waals surface area contributed by atoms with Gasteiger partial charge in [0.25, 0.3) is 0 Å². The third-order valence-electron chi connectivity index (χ3n) is 8.25. The zero-order chi connectivity index (χ0) is 28.2. The molecule has 0 nitrogen and oxygen atoms in total. The Bertz CT molecular complexity index is 1560. The molecule has 0 aliphatic carbocycles. The minimum absolute atomic E-state index is 0.0846. The molecular formula is C34H38F2S4. The molecule has 2 aliphatic heterocycles. The number of unbranched alkanes of at least 4 members (excludes halogenated alkanes) is 2. The Labute approximate surface area is 252 Å². The van der Waals surface area contributed by atoms with Crippen molar-refractivity contribution in [3.05, 3.63) is 53.7 Å². The van der Waals surface area contributed by atoms with E-state index in [0.29, 0.717) is 11.8 Å². The van der Waals surface area contributed by atoms with Crippen LogP contribution in [0, 0.1) is 32.5 Å². The summed E-state index contributed by atoms with van der Waals surface area (Å²) in [7, 11) is 3.15. The minimum Gasteiger partial charge on any atom is -0.206 e. The number of fused-ring (bicyclic) bond motifs is 2. The summed E-state index contributed by atoms with van der Waals surface area (Å²) in [5.74, 6) is 0.868. The summed E-state index contributed by atoms with van der Waals surface area (Å²) in [5.41, 5.74) is 4.33. The topological polar surface area (TPSA) is 0 Å². The predicted molar refractivity (Wildman–Crippen MR) is 179 cm³/mol. The molecule has 5 rings (SSSR count). The zero-order valence-corrected chi connectivity index (χ0v) is 27.2. The molecule has 0 N–H and O–H groups in total. The Morgan fingerprint density at radius 1 is 0.675 bits per heavy atom. The maximum absolute atomic E-state index is 15.3. The molecule has 3 aromatic rings. The molecule has 40 heavy (non-hydrogen) atoms. The summed E-state index contributed by atoms with van der Waals surface area (Å²) in [6.45, 7) is 8.86. The van der Waals surface area contributed by atoms with E-state index in [9.17, 15) is 0 Å². The molecule has 0 bridgehead atoms. The zero-order valence-electron chi connectivity index (χ0n) is 23.9. The van der Waals surface area contributed by atoms with Crippen LogP contribution in [0.1, 0.15) is 99.9 Å². The van der Waals surface area contributed by atoms with Crippen LogP contribution < -0.4 is 0 Å². The van der Waals surface area contributed by atoms with Crippen LogP contribution in [0.2, 0.25) is 0 Å². The number of rotatable bonds is 14. The van der Waals surface area contributed by atoms with Gasteiger partial charge in [0.15, 0.2) is 0 Å². The summed E-state index contributed by atoms with van der Waals surface area (Å²) in [6, 6.07) is 3.48. The number of halogens is 2. The van der Waals surface area contributed by atoms with Crippen LogP contribution in [0.25, 0.3) is 33.0 Å². The fourth-order valence-corrected chi connectivity index (χ4v) is 10.1. The van der Waals surface area contributed by atoms with E-state index in [2.05, 4.69) is 37.7 Å². The van der Waals surface area contributed by atoms with E-state index in [1.807, 2.05) is 12.2 Å². The lowest BCUT2D eigenvalue weighted by Crippen LogP contribution is -2.03. The standard InChI is InChI=1S/C34H38F2S4/c1-5-9-11-21(7-3)17-27-25(35)19-29(39-27)31-23-13-15-38-34(23)32(24-14-16-37-33(24)31)30-20-26(36)28(40-30)18-22(8-4)12-10-6-2/h13-14,19-22H,5-12,17-18H2,1-4H3. The molecule has 2 aliphatic rings. The summed E-state index contributed by atoms with van der Waals surface area (Å²) >= 11 is 3.20. The summed E-state index contributed by atoms with van der Waals surface area (Å²) < 4.78 is 32.9. The molecule has 6 heteroatoms. The number of thiophene rings is 2. The van der Waals surface area contributed by atoms with Gasteiger partial charge in [-0.2, -0.15) is 0 Å². The molecule has 0 fully saturated rings. The molecule has 2 atom stereocenters. The highest BCUT2D eigenvalue weighted by molar-refractivity contribution is 7.90. The average molecular weight is 613 g/mol. The monoisotopic (exact) mass is 612 g/mol. The van der Waals surface area contributed by atoms with Crippen LogP contribution in [0.5, 0.6) is 0 Å². The van der Waals surface area contributed by atoms with Crippen LogP contribution in [-0.2, 0) is 12.8 Å². The van der Waals surface area contributed by atoms with E-state index in [4.69, 9.17) is 0 Å². The number of hydrogen-bond donors (Lipinski definition) is 0. The van der Waals surface area contributed by atoms with E-state index in [1.165, 1.54) is 25.7 Å². The van der Waals surface area contributed by atoms with Crippen molar-refractivity contribution in [1.82, 2.24) is 0 Å². The van der Waals surface area contributed by atoms with Crippen molar-refractivity contribution in [3.63, 3.8) is 0 Å². The Morgan fingerprint density at radius 2 is 1.10 bits per heavy atom. The van der Waals surface area contributed by atoms with Crippen LogP contribution in [-0.4, -0.2) is 10.0 Å². The van der Waals surface area contributed by atoms with Gasteiger partial charge in [0.05, 0.1) is 9.02 Å². The van der Waals surface area contributed by atoms with Crippen LogP contribution >= 0.6 is 44.6 Å². The fraction of sp³-hybridized carbons (Fsp3) is 0.471. The van der Waals surface area contributed by atoms with Gasteiger partial charge in [0.2, 0.25) is 0 Å². The highest BCUT2D eigenvalue weighted by atomic mass is 32.1. The van der Waals surface area contributed by atoms with Crippen molar-refractivity contribution in [2.45, 2.75) is 91.9 Å². The summed E-state index contributed by atoms with van der Waals surface area (Å²) in [5, 5.41) is 6.70. The third-order valence-corrected chi connectivity index (χ3v) is 12.3. The minimum atomic E-state index is -0.0846. The highest BCUT2D eigenvalue weighted by Crippen LogP contribution is 2.45. The molecule has 2 aromatic heterocycles. The van der Waals surface area contributed by atoms with Crippen molar-refractivity contribution in [3.8, 4) is 20.9 Å². The lowest BCUT2D eigenvalue weighted by molar-refractivity contribution is 0.444. The van der Waals surface area contributed by atoms with E-state index in [1.54, 1.807) is 56.7 Å². The maximum Gasteiger partial charge on any atom is 0.137 e. The molecule has 2 unspecified atom stereocenters. The van der Waals surface area contributed by atoms with Crippen molar-refractivity contribution in [2.75, 3.05) is 0 Å². The van der Waals surface area contributed by atoms with E-state index in [0.717, 1.165) is 89.3 Å². The van der Waals surface area contributed by atoms with Gasteiger partial charge in [-0.1, -0.05) is 111 Å². The van der Waals surface area contributed by atoms with Gasteiger partial charge in [-0.15, -0.1) is 22.7 Å². The van der Waals surface area contributed by atoms with Gasteiger partial charge >= 0.3 is 0 Å². The van der Waals surface area contributed by atoms with Crippen molar-refractivity contribution < 1.29 is 8.78 Å². The van der Waals surface area contributed by atoms with Crippen molar-refractivity contribution >= 4 is 66.8 Å². The Balaban J connectivity index is 1.56. The molecule has 1 aromatic carbocycles. The molecule has 212 valence electrons. The van der Waals surface area contributed by atoms with Gasteiger partial charge < -0.3 is 0 Å². The second-order valence-corrected chi connectivity index (χ2v) is 14.9. The number of benzene rings is 1. The first-order valence-corrected chi connectivity index (χ1v) is 18.1. The van der Waals surface area contributed by atoms with Gasteiger partial charge in [0, 0.05) is 53.9 Å². The first-order valence-electron chi connectivity index (χ1n) is 14.8. The lowest BCUT2D eigenvalue weighted by atomic mass is 9.94. The average Bonchev–Trinajstić information content (AvgIpc) is 3.75. The molecular weight excluding hydrogens is 575 g/mol. The largest absolute Gasteiger partial charge is 0.206 e. The predicted octanol–water partition coefficient (Wildman–Crippen LogP) is 11.8. The second kappa shape index (κ2) is 13.5. The van der Waals surface area contributed by atoms with Crippen LogP contribution in [0.3, 0.4) is 0 Å². The third kappa shape index (κ3) is 6.04. The molecule has 0 saturated carbocycles. The molecule has 0 saturated heterocycles. The smallest absolute Gasteiger partial charge is 0.137 e. The summed E-state index contributed by atoms with van der Waals surface area (Å²) in [6.07, 6.45) is 14.9. The van der Waals surface area contributed by atoms with Crippen molar-refractivity contribution in [1.29, 1.82) is 0 Å². The first kappa shape index (κ1) is 29.7. The number of hydrogen-bond acceptors (Lipinski definition) is 2. The SMILES string of the molecule is CCCCC(CC)Cc1sc(-c2c3c(c(-c4cc(F)c(CC(CC)CCCC)s4)c4c2=S=C=C4)=S=C=C3)cc1F. The van der Waals surface area contributed by atoms with Gasteiger partial charge in [-0.05, 0) is 36.8 Å². The van der Waals surface area contributed by atoms with Gasteiger partial charge in [0.1, 0.15) is 11.6 Å². The quantitative estimate of drug-likeness (QED) is 0.109. The fourth-order valence-electron chi connectivity index (χ4n) is 5.76. The second-order valence-electron chi connectivity index (χ2n) is 11.0. The highest BCUT2D eigenvalue weighted by Gasteiger charge is 2.25.